The van der Waals surface area contributed by atoms with E-state index in [0.717, 1.165) is 19.0 Å². The molecule has 1 N–H and O–H groups in total. The van der Waals surface area contributed by atoms with Gasteiger partial charge < -0.3 is 14.7 Å². The van der Waals surface area contributed by atoms with Gasteiger partial charge in [-0.15, -0.1) is 0 Å². The van der Waals surface area contributed by atoms with Crippen LogP contribution in [0.5, 0.6) is 0 Å². The van der Waals surface area contributed by atoms with Crippen LogP contribution in [0, 0.1) is 0 Å². The SMILES string of the molecule is CNC(C)(C)c1nc(N2CCCCC2)no1. The number of nitrogens with one attached hydrogen (secondary N) is 1. The van der Waals surface area contributed by atoms with Crippen LogP contribution >= 0.6 is 0 Å². The number of hydrogen-bond donors (Lipinski definition) is 1. The van der Waals surface area contributed by atoms with E-state index >= 15 is 0 Å². The van der Waals surface area contributed by atoms with E-state index in [-0.39, 0.29) is 5.54 Å². The van der Waals surface area contributed by atoms with E-state index in [9.17, 15) is 0 Å². The number of piperidine rings is 1. The molecule has 5 nitrogen and oxygen atoms in total. The summed E-state index contributed by atoms with van der Waals surface area (Å²) in [7, 11) is 1.89. The first kappa shape index (κ1) is 11.4. The molecule has 1 aliphatic rings. The highest BCUT2D eigenvalue weighted by molar-refractivity contribution is 5.28. The largest absolute Gasteiger partial charge is 0.338 e. The van der Waals surface area contributed by atoms with Crippen LogP contribution in [0.4, 0.5) is 5.95 Å². The van der Waals surface area contributed by atoms with Crippen molar-refractivity contribution in [3.63, 3.8) is 0 Å². The molecule has 0 saturated carbocycles. The van der Waals surface area contributed by atoms with Gasteiger partial charge >= 0.3 is 0 Å². The van der Waals surface area contributed by atoms with Crippen molar-refractivity contribution in [1.29, 1.82) is 0 Å². The van der Waals surface area contributed by atoms with Crippen LogP contribution in [0.15, 0.2) is 4.52 Å². The standard InChI is InChI=1S/C11H20N4O/c1-11(2,12-3)9-13-10(14-16-9)15-7-5-4-6-8-15/h12H,4-8H2,1-3H3. The van der Waals surface area contributed by atoms with E-state index in [2.05, 4.69) is 20.4 Å². The maximum Gasteiger partial charge on any atom is 0.266 e. The van der Waals surface area contributed by atoms with Crippen molar-refractivity contribution in [2.75, 3.05) is 25.0 Å². The lowest BCUT2D eigenvalue weighted by atomic mass is 10.1. The maximum absolute atomic E-state index is 5.31. The van der Waals surface area contributed by atoms with Gasteiger partial charge in [-0.3, -0.25) is 0 Å². The van der Waals surface area contributed by atoms with E-state index < -0.39 is 0 Å². The first-order valence-electron chi connectivity index (χ1n) is 5.91. The number of anilines is 1. The molecule has 5 heteroatoms. The Labute approximate surface area is 96.2 Å². The highest BCUT2D eigenvalue weighted by Crippen LogP contribution is 2.22. The molecule has 0 atom stereocenters. The van der Waals surface area contributed by atoms with Crippen molar-refractivity contribution < 1.29 is 4.52 Å². The zero-order valence-corrected chi connectivity index (χ0v) is 10.3. The molecule has 1 aromatic rings. The van der Waals surface area contributed by atoms with Crippen LogP contribution in [-0.2, 0) is 5.54 Å². The normalized spacial score (nSPS) is 17.8. The monoisotopic (exact) mass is 224 g/mol. The van der Waals surface area contributed by atoms with E-state index in [1.165, 1.54) is 19.3 Å². The van der Waals surface area contributed by atoms with Crippen LogP contribution in [0.3, 0.4) is 0 Å². The number of rotatable bonds is 3. The highest BCUT2D eigenvalue weighted by Gasteiger charge is 2.27. The molecule has 0 radical (unpaired) electrons. The minimum absolute atomic E-state index is 0.263. The Morgan fingerprint density at radius 2 is 1.94 bits per heavy atom. The summed E-state index contributed by atoms with van der Waals surface area (Å²) in [4.78, 5) is 6.66. The second-order valence-electron chi connectivity index (χ2n) is 4.82. The number of aromatic nitrogens is 2. The summed E-state index contributed by atoms with van der Waals surface area (Å²) in [6, 6.07) is 0. The Bertz CT molecular complexity index is 342. The molecule has 0 bridgehead atoms. The Balaban J connectivity index is 2.12. The van der Waals surface area contributed by atoms with Gasteiger partial charge in [0.2, 0.25) is 5.89 Å². The van der Waals surface area contributed by atoms with Crippen molar-refractivity contribution in [3.8, 4) is 0 Å². The summed E-state index contributed by atoms with van der Waals surface area (Å²) in [5.74, 6) is 1.38. The molecule has 0 aliphatic carbocycles. The van der Waals surface area contributed by atoms with E-state index in [0.29, 0.717) is 5.89 Å². The number of hydrogen-bond acceptors (Lipinski definition) is 5. The smallest absolute Gasteiger partial charge is 0.266 e. The van der Waals surface area contributed by atoms with E-state index in [1.807, 2.05) is 20.9 Å². The van der Waals surface area contributed by atoms with Gasteiger partial charge in [0.05, 0.1) is 5.54 Å². The molecule has 2 heterocycles. The molecule has 1 aliphatic heterocycles. The lowest BCUT2D eigenvalue weighted by Gasteiger charge is -2.24. The minimum Gasteiger partial charge on any atom is -0.338 e. The summed E-state index contributed by atoms with van der Waals surface area (Å²) in [5.41, 5.74) is -0.263. The first-order valence-corrected chi connectivity index (χ1v) is 5.91. The van der Waals surface area contributed by atoms with E-state index in [4.69, 9.17) is 4.52 Å². The molecule has 0 aromatic carbocycles. The van der Waals surface area contributed by atoms with Gasteiger partial charge in [0, 0.05) is 13.1 Å². The fourth-order valence-corrected chi connectivity index (χ4v) is 1.80. The molecular formula is C11H20N4O. The summed E-state index contributed by atoms with van der Waals surface area (Å²) >= 11 is 0. The van der Waals surface area contributed by atoms with Gasteiger partial charge in [-0.2, -0.15) is 4.98 Å². The van der Waals surface area contributed by atoms with Crippen LogP contribution in [0.2, 0.25) is 0 Å². The summed E-state index contributed by atoms with van der Waals surface area (Å²) < 4.78 is 5.31. The summed E-state index contributed by atoms with van der Waals surface area (Å²) in [6.07, 6.45) is 3.75. The molecule has 0 amide bonds. The number of nitrogens with zero attached hydrogens (tertiary/aromatic N) is 3. The van der Waals surface area contributed by atoms with Crippen molar-refractivity contribution in [2.45, 2.75) is 38.6 Å². The Hall–Kier alpha value is -1.10. The lowest BCUT2D eigenvalue weighted by Crippen LogP contribution is -2.34. The average molecular weight is 224 g/mol. The quantitative estimate of drug-likeness (QED) is 0.843. The maximum atomic E-state index is 5.31. The van der Waals surface area contributed by atoms with Crippen molar-refractivity contribution >= 4 is 5.95 Å². The van der Waals surface area contributed by atoms with E-state index in [1.54, 1.807) is 0 Å². The van der Waals surface area contributed by atoms with Gasteiger partial charge in [0.1, 0.15) is 0 Å². The molecular weight excluding hydrogens is 204 g/mol. The zero-order chi connectivity index (χ0) is 11.6. The highest BCUT2D eigenvalue weighted by atomic mass is 16.5. The first-order chi connectivity index (χ1) is 7.63. The molecule has 16 heavy (non-hydrogen) atoms. The predicted octanol–water partition coefficient (Wildman–Crippen LogP) is 1.51. The third-order valence-corrected chi connectivity index (χ3v) is 3.21. The van der Waals surface area contributed by atoms with Gasteiger partial charge in [0.25, 0.3) is 5.95 Å². The molecule has 2 rings (SSSR count). The van der Waals surface area contributed by atoms with Gasteiger partial charge in [-0.25, -0.2) is 0 Å². The summed E-state index contributed by atoms with van der Waals surface area (Å²) in [5, 5.41) is 7.21. The van der Waals surface area contributed by atoms with Gasteiger partial charge in [-0.1, -0.05) is 0 Å². The van der Waals surface area contributed by atoms with Crippen molar-refractivity contribution in [3.05, 3.63) is 5.89 Å². The molecule has 0 spiro atoms. The third-order valence-electron chi connectivity index (χ3n) is 3.21. The Kier molecular flexibility index (Phi) is 3.14. The fourth-order valence-electron chi connectivity index (χ4n) is 1.80. The van der Waals surface area contributed by atoms with Crippen molar-refractivity contribution in [1.82, 2.24) is 15.5 Å². The second-order valence-corrected chi connectivity index (χ2v) is 4.82. The zero-order valence-electron chi connectivity index (χ0n) is 10.3. The van der Waals surface area contributed by atoms with Crippen molar-refractivity contribution in [2.24, 2.45) is 0 Å². The average Bonchev–Trinajstić information content (AvgIpc) is 2.80. The molecule has 1 saturated heterocycles. The lowest BCUT2D eigenvalue weighted by molar-refractivity contribution is 0.280. The molecule has 90 valence electrons. The predicted molar refractivity (Wildman–Crippen MR) is 62.4 cm³/mol. The fraction of sp³-hybridized carbons (Fsp3) is 0.818. The van der Waals surface area contributed by atoms with Crippen LogP contribution in [0.1, 0.15) is 39.0 Å². The third kappa shape index (κ3) is 2.19. The van der Waals surface area contributed by atoms with Gasteiger partial charge in [0.15, 0.2) is 0 Å². The molecule has 1 fully saturated rings. The minimum atomic E-state index is -0.263. The van der Waals surface area contributed by atoms with Crippen LogP contribution in [0.25, 0.3) is 0 Å². The topological polar surface area (TPSA) is 54.2 Å². The molecule has 1 aromatic heterocycles. The van der Waals surface area contributed by atoms with Crippen LogP contribution < -0.4 is 10.2 Å². The van der Waals surface area contributed by atoms with Crippen LogP contribution in [-0.4, -0.2) is 30.3 Å². The summed E-state index contributed by atoms with van der Waals surface area (Å²) in [6.45, 7) is 6.14. The Morgan fingerprint density at radius 3 is 2.56 bits per heavy atom. The van der Waals surface area contributed by atoms with Gasteiger partial charge in [-0.05, 0) is 45.3 Å². The second kappa shape index (κ2) is 4.41. The molecule has 0 unspecified atom stereocenters. The Morgan fingerprint density at radius 1 is 1.25 bits per heavy atom.